The van der Waals surface area contributed by atoms with Crippen molar-refractivity contribution in [3.63, 3.8) is 0 Å². The van der Waals surface area contributed by atoms with Crippen LogP contribution in [0.5, 0.6) is 0 Å². The number of nitrogens with one attached hydrogen (secondary N) is 1. The number of hydrogen-bond donors (Lipinski definition) is 2. The number of fused-ring (bicyclic) bond motifs is 1. The molecule has 2 aromatic carbocycles. The quantitative estimate of drug-likeness (QED) is 0.855. The molecule has 0 saturated carbocycles. The van der Waals surface area contributed by atoms with Gasteiger partial charge in [-0.1, -0.05) is 23.7 Å². The summed E-state index contributed by atoms with van der Waals surface area (Å²) >= 11 is 5.88. The molecule has 1 aliphatic rings. The number of benzene rings is 2. The number of rotatable bonds is 3. The number of carbonyl (C=O) groups excluding carboxylic acids is 2. The molecular formula is C16H11ClFNO3. The molecule has 1 atom stereocenters. The van der Waals surface area contributed by atoms with Crippen molar-refractivity contribution in [2.75, 3.05) is 5.32 Å². The van der Waals surface area contributed by atoms with E-state index in [9.17, 15) is 19.1 Å². The van der Waals surface area contributed by atoms with Crippen LogP contribution >= 0.6 is 11.6 Å². The molecule has 2 aromatic rings. The molecule has 0 fully saturated rings. The van der Waals surface area contributed by atoms with Gasteiger partial charge in [-0.15, -0.1) is 0 Å². The maximum Gasteiger partial charge on any atom is 0.261 e. The van der Waals surface area contributed by atoms with Gasteiger partial charge in [0.2, 0.25) is 0 Å². The normalized spacial score (nSPS) is 19.7. The van der Waals surface area contributed by atoms with Crippen molar-refractivity contribution in [2.24, 2.45) is 0 Å². The van der Waals surface area contributed by atoms with E-state index in [0.29, 0.717) is 10.7 Å². The fraction of sp³-hybridized carbons (Fsp3) is 0.125. The van der Waals surface area contributed by atoms with Gasteiger partial charge >= 0.3 is 0 Å². The minimum absolute atomic E-state index is 0.167. The summed E-state index contributed by atoms with van der Waals surface area (Å²) < 4.78 is 13.7. The molecule has 1 amide bonds. The van der Waals surface area contributed by atoms with Crippen LogP contribution in [0.25, 0.3) is 0 Å². The Bertz CT molecular complexity index is 793. The molecule has 6 heteroatoms. The molecule has 4 nitrogen and oxygen atoms in total. The number of amides is 1. The van der Waals surface area contributed by atoms with Gasteiger partial charge in [0.15, 0.2) is 11.4 Å². The molecule has 0 aliphatic carbocycles. The highest BCUT2D eigenvalue weighted by molar-refractivity contribution is 6.31. The first-order valence-corrected chi connectivity index (χ1v) is 6.91. The van der Waals surface area contributed by atoms with Crippen molar-refractivity contribution in [2.45, 2.75) is 12.0 Å². The SMILES string of the molecule is O=C(C[C@]1(O)C(=O)Nc2ccc(Cl)cc21)c1ccccc1F. The molecule has 3 rings (SSSR count). The fourth-order valence-corrected chi connectivity index (χ4v) is 2.68. The number of carbonyl (C=O) groups is 2. The van der Waals surface area contributed by atoms with Gasteiger partial charge in [-0.05, 0) is 30.3 Å². The van der Waals surface area contributed by atoms with Gasteiger partial charge in [-0.3, -0.25) is 9.59 Å². The van der Waals surface area contributed by atoms with Crippen LogP contribution in [0.2, 0.25) is 5.02 Å². The van der Waals surface area contributed by atoms with E-state index in [1.165, 1.54) is 24.3 Å². The molecule has 1 aliphatic heterocycles. The van der Waals surface area contributed by atoms with E-state index in [0.717, 1.165) is 6.07 Å². The highest BCUT2D eigenvalue weighted by Crippen LogP contribution is 2.40. The van der Waals surface area contributed by atoms with E-state index < -0.39 is 29.5 Å². The summed E-state index contributed by atoms with van der Waals surface area (Å²) in [5.41, 5.74) is -1.62. The Labute approximate surface area is 130 Å². The van der Waals surface area contributed by atoms with Crippen LogP contribution in [0, 0.1) is 5.82 Å². The summed E-state index contributed by atoms with van der Waals surface area (Å²) in [5.74, 6) is -2.08. The van der Waals surface area contributed by atoms with Crippen molar-refractivity contribution in [3.05, 3.63) is 64.4 Å². The van der Waals surface area contributed by atoms with Gasteiger partial charge in [-0.25, -0.2) is 4.39 Å². The van der Waals surface area contributed by atoms with E-state index in [4.69, 9.17) is 11.6 Å². The molecule has 0 aromatic heterocycles. The Morgan fingerprint density at radius 2 is 2.00 bits per heavy atom. The van der Waals surface area contributed by atoms with Gasteiger partial charge in [0.1, 0.15) is 5.82 Å². The van der Waals surface area contributed by atoms with Crippen LogP contribution in [-0.4, -0.2) is 16.8 Å². The van der Waals surface area contributed by atoms with E-state index in [-0.39, 0.29) is 11.1 Å². The predicted molar refractivity (Wildman–Crippen MR) is 79.3 cm³/mol. The topological polar surface area (TPSA) is 66.4 Å². The van der Waals surface area contributed by atoms with Crippen LogP contribution in [0.3, 0.4) is 0 Å². The van der Waals surface area contributed by atoms with Crippen molar-refractivity contribution in [1.29, 1.82) is 0 Å². The third-order valence-corrected chi connectivity index (χ3v) is 3.88. The predicted octanol–water partition coefficient (Wildman–Crippen LogP) is 2.89. The van der Waals surface area contributed by atoms with E-state index in [1.807, 2.05) is 0 Å². The molecule has 0 unspecified atom stereocenters. The maximum atomic E-state index is 13.7. The zero-order valence-corrected chi connectivity index (χ0v) is 12.0. The maximum absolute atomic E-state index is 13.7. The third kappa shape index (κ3) is 2.28. The Morgan fingerprint density at radius 3 is 2.73 bits per heavy atom. The lowest BCUT2D eigenvalue weighted by molar-refractivity contribution is -0.133. The van der Waals surface area contributed by atoms with Gasteiger partial charge in [0.25, 0.3) is 5.91 Å². The number of halogens is 2. The van der Waals surface area contributed by atoms with Crippen molar-refractivity contribution < 1.29 is 19.1 Å². The molecular weight excluding hydrogens is 309 g/mol. The molecule has 112 valence electrons. The Hall–Kier alpha value is -2.24. The molecule has 0 bridgehead atoms. The van der Waals surface area contributed by atoms with Crippen molar-refractivity contribution in [1.82, 2.24) is 0 Å². The molecule has 2 N–H and O–H groups in total. The van der Waals surface area contributed by atoms with Crippen LogP contribution in [0.4, 0.5) is 10.1 Å². The van der Waals surface area contributed by atoms with E-state index in [1.54, 1.807) is 12.1 Å². The average molecular weight is 320 g/mol. The molecule has 1 heterocycles. The smallest absolute Gasteiger partial charge is 0.261 e. The highest BCUT2D eigenvalue weighted by atomic mass is 35.5. The number of Topliss-reactive ketones (excluding diaryl/α,β-unsaturated/α-hetero) is 1. The lowest BCUT2D eigenvalue weighted by atomic mass is 9.88. The standard InChI is InChI=1S/C16H11ClFNO3/c17-9-5-6-13-11(7-9)16(22,15(21)19-13)8-14(20)10-3-1-2-4-12(10)18/h1-7,22H,8H2,(H,19,21)/t16-/m1/s1. The fourth-order valence-electron chi connectivity index (χ4n) is 2.51. The lowest BCUT2D eigenvalue weighted by Crippen LogP contribution is -2.36. The van der Waals surface area contributed by atoms with Gasteiger partial charge in [-0.2, -0.15) is 0 Å². The van der Waals surface area contributed by atoms with Crippen LogP contribution in [0.15, 0.2) is 42.5 Å². The van der Waals surface area contributed by atoms with Crippen LogP contribution in [-0.2, 0) is 10.4 Å². The minimum atomic E-state index is -2.06. The second-order valence-corrected chi connectivity index (χ2v) is 5.52. The summed E-state index contributed by atoms with van der Waals surface area (Å²) in [6.45, 7) is 0. The zero-order chi connectivity index (χ0) is 15.9. The number of hydrogen-bond acceptors (Lipinski definition) is 3. The first kappa shape index (κ1) is 14.7. The third-order valence-electron chi connectivity index (χ3n) is 3.64. The first-order chi connectivity index (χ1) is 10.4. The monoisotopic (exact) mass is 319 g/mol. The Morgan fingerprint density at radius 1 is 1.27 bits per heavy atom. The molecule has 0 radical (unpaired) electrons. The van der Waals surface area contributed by atoms with E-state index >= 15 is 0 Å². The molecule has 0 spiro atoms. The first-order valence-electron chi connectivity index (χ1n) is 6.53. The van der Waals surface area contributed by atoms with Gasteiger partial charge < -0.3 is 10.4 Å². The van der Waals surface area contributed by atoms with Crippen LogP contribution in [0.1, 0.15) is 22.3 Å². The highest BCUT2D eigenvalue weighted by Gasteiger charge is 2.47. The van der Waals surface area contributed by atoms with Crippen molar-refractivity contribution >= 4 is 29.0 Å². The lowest BCUT2D eigenvalue weighted by Gasteiger charge is -2.20. The zero-order valence-electron chi connectivity index (χ0n) is 11.3. The largest absolute Gasteiger partial charge is 0.375 e. The van der Waals surface area contributed by atoms with E-state index in [2.05, 4.69) is 5.32 Å². The van der Waals surface area contributed by atoms with Gasteiger partial charge in [0, 0.05) is 16.3 Å². The summed E-state index contributed by atoms with van der Waals surface area (Å²) in [6.07, 6.45) is -0.562. The second-order valence-electron chi connectivity index (χ2n) is 5.08. The molecule has 0 saturated heterocycles. The number of aliphatic hydroxyl groups is 1. The summed E-state index contributed by atoms with van der Waals surface area (Å²) in [5, 5.41) is 13.5. The van der Waals surface area contributed by atoms with Crippen molar-refractivity contribution in [3.8, 4) is 0 Å². The van der Waals surface area contributed by atoms with Gasteiger partial charge in [0.05, 0.1) is 12.0 Å². The molecule has 22 heavy (non-hydrogen) atoms. The Balaban J connectivity index is 1.98. The second kappa shape index (κ2) is 5.19. The number of ketones is 1. The van der Waals surface area contributed by atoms with Crippen LogP contribution < -0.4 is 5.32 Å². The average Bonchev–Trinajstić information content (AvgIpc) is 2.71. The summed E-state index contributed by atoms with van der Waals surface area (Å²) in [7, 11) is 0. The summed E-state index contributed by atoms with van der Waals surface area (Å²) in [4.78, 5) is 24.3. The summed E-state index contributed by atoms with van der Waals surface area (Å²) in [6, 6.07) is 9.96. The number of anilines is 1. The Kier molecular flexibility index (Phi) is 3.47. The minimum Gasteiger partial charge on any atom is -0.375 e.